The van der Waals surface area contributed by atoms with E-state index in [1.807, 2.05) is 20.2 Å². The highest BCUT2D eigenvalue weighted by Gasteiger charge is 2.07. The molecule has 2 rings (SSSR count). The standard InChI is InChI=1S/C15H23N3O/c1-11(2)7-8-16-10-12-5-6-13-14(9-12)18(4)15(19)17(13)3/h5-6,9,11,16H,7-8,10H2,1-4H3. The average Bonchev–Trinajstić information content (AvgIpc) is 2.60. The van der Waals surface area contributed by atoms with Crippen LogP contribution in [0.2, 0.25) is 0 Å². The molecule has 1 N–H and O–H groups in total. The first kappa shape index (κ1) is 13.9. The highest BCUT2D eigenvalue weighted by Crippen LogP contribution is 2.13. The van der Waals surface area contributed by atoms with Gasteiger partial charge < -0.3 is 5.32 Å². The van der Waals surface area contributed by atoms with Gasteiger partial charge in [0.2, 0.25) is 0 Å². The van der Waals surface area contributed by atoms with E-state index in [9.17, 15) is 4.79 Å². The minimum Gasteiger partial charge on any atom is -0.313 e. The quantitative estimate of drug-likeness (QED) is 0.836. The summed E-state index contributed by atoms with van der Waals surface area (Å²) in [5.41, 5.74) is 3.23. The van der Waals surface area contributed by atoms with Gasteiger partial charge in [-0.05, 0) is 36.6 Å². The minimum absolute atomic E-state index is 0.0277. The maximum atomic E-state index is 11.8. The average molecular weight is 261 g/mol. The summed E-state index contributed by atoms with van der Waals surface area (Å²) in [5.74, 6) is 0.727. The molecule has 0 amide bonds. The van der Waals surface area contributed by atoms with E-state index in [0.717, 1.165) is 30.0 Å². The van der Waals surface area contributed by atoms with Crippen LogP contribution in [0.15, 0.2) is 23.0 Å². The summed E-state index contributed by atoms with van der Waals surface area (Å²) in [5, 5.41) is 3.44. The van der Waals surface area contributed by atoms with E-state index >= 15 is 0 Å². The number of fused-ring (bicyclic) bond motifs is 1. The molecule has 0 radical (unpaired) electrons. The molecular formula is C15H23N3O. The van der Waals surface area contributed by atoms with Crippen molar-refractivity contribution in [2.24, 2.45) is 20.0 Å². The van der Waals surface area contributed by atoms with Crippen LogP contribution in [0, 0.1) is 5.92 Å². The fraction of sp³-hybridized carbons (Fsp3) is 0.533. The third kappa shape index (κ3) is 2.89. The predicted molar refractivity (Wildman–Crippen MR) is 79.3 cm³/mol. The monoisotopic (exact) mass is 261 g/mol. The van der Waals surface area contributed by atoms with Crippen molar-refractivity contribution < 1.29 is 0 Å². The Balaban J connectivity index is 2.14. The third-order valence-electron chi connectivity index (χ3n) is 3.56. The van der Waals surface area contributed by atoms with Gasteiger partial charge in [0.05, 0.1) is 11.0 Å². The number of hydrogen-bond donors (Lipinski definition) is 1. The normalized spacial score (nSPS) is 11.6. The highest BCUT2D eigenvalue weighted by molar-refractivity contribution is 5.76. The summed E-state index contributed by atoms with van der Waals surface area (Å²) < 4.78 is 3.39. The summed E-state index contributed by atoms with van der Waals surface area (Å²) in [4.78, 5) is 11.8. The van der Waals surface area contributed by atoms with Crippen LogP contribution < -0.4 is 11.0 Å². The van der Waals surface area contributed by atoms with Gasteiger partial charge in [-0.3, -0.25) is 9.13 Å². The molecule has 0 fully saturated rings. The van der Waals surface area contributed by atoms with Gasteiger partial charge in [0.1, 0.15) is 0 Å². The van der Waals surface area contributed by atoms with E-state index < -0.39 is 0 Å². The van der Waals surface area contributed by atoms with Crippen molar-refractivity contribution in [2.75, 3.05) is 6.54 Å². The molecule has 2 aromatic rings. The Hall–Kier alpha value is -1.55. The van der Waals surface area contributed by atoms with Gasteiger partial charge in [-0.15, -0.1) is 0 Å². The van der Waals surface area contributed by atoms with Crippen molar-refractivity contribution in [3.8, 4) is 0 Å². The van der Waals surface area contributed by atoms with Gasteiger partial charge in [0.25, 0.3) is 0 Å². The van der Waals surface area contributed by atoms with Gasteiger partial charge in [-0.25, -0.2) is 4.79 Å². The summed E-state index contributed by atoms with van der Waals surface area (Å²) in [6.45, 7) is 6.34. The van der Waals surface area contributed by atoms with Crippen molar-refractivity contribution >= 4 is 11.0 Å². The molecule has 4 heteroatoms. The zero-order valence-electron chi connectivity index (χ0n) is 12.2. The number of hydrogen-bond acceptors (Lipinski definition) is 2. The Bertz CT molecular complexity index is 622. The van der Waals surface area contributed by atoms with Crippen molar-refractivity contribution in [1.82, 2.24) is 14.5 Å². The fourth-order valence-corrected chi connectivity index (χ4v) is 2.29. The molecular weight excluding hydrogens is 238 g/mol. The van der Waals surface area contributed by atoms with Crippen LogP contribution in [0.3, 0.4) is 0 Å². The smallest absolute Gasteiger partial charge is 0.313 e. The molecule has 1 aromatic heterocycles. The molecule has 4 nitrogen and oxygen atoms in total. The van der Waals surface area contributed by atoms with E-state index in [0.29, 0.717) is 0 Å². The molecule has 0 spiro atoms. The fourth-order valence-electron chi connectivity index (χ4n) is 2.29. The number of nitrogens with zero attached hydrogens (tertiary/aromatic N) is 2. The second-order valence-corrected chi connectivity index (χ2v) is 5.58. The molecule has 19 heavy (non-hydrogen) atoms. The lowest BCUT2D eigenvalue weighted by molar-refractivity contribution is 0.537. The lowest BCUT2D eigenvalue weighted by Crippen LogP contribution is -2.19. The van der Waals surface area contributed by atoms with Gasteiger partial charge >= 0.3 is 5.69 Å². The Kier molecular flexibility index (Phi) is 4.10. The topological polar surface area (TPSA) is 39.0 Å². The maximum Gasteiger partial charge on any atom is 0.328 e. The minimum atomic E-state index is 0.0277. The lowest BCUT2D eigenvalue weighted by atomic mass is 10.1. The number of aryl methyl sites for hydroxylation is 2. The molecule has 0 saturated carbocycles. The molecule has 0 aliphatic rings. The SMILES string of the molecule is CC(C)CCNCc1ccc2c(c1)n(C)c(=O)n2C. The highest BCUT2D eigenvalue weighted by atomic mass is 16.1. The first-order valence-corrected chi connectivity index (χ1v) is 6.85. The van der Waals surface area contributed by atoms with Crippen molar-refractivity contribution in [3.63, 3.8) is 0 Å². The van der Waals surface area contributed by atoms with Crippen molar-refractivity contribution in [3.05, 3.63) is 34.2 Å². The molecule has 0 aliphatic heterocycles. The summed E-state index contributed by atoms with van der Waals surface area (Å²) in [6.07, 6.45) is 1.19. The summed E-state index contributed by atoms with van der Waals surface area (Å²) in [6, 6.07) is 6.21. The summed E-state index contributed by atoms with van der Waals surface area (Å²) >= 11 is 0. The summed E-state index contributed by atoms with van der Waals surface area (Å²) in [7, 11) is 3.63. The largest absolute Gasteiger partial charge is 0.328 e. The second-order valence-electron chi connectivity index (χ2n) is 5.58. The number of nitrogens with one attached hydrogen (secondary N) is 1. The molecule has 1 aromatic carbocycles. The predicted octanol–water partition coefficient (Wildman–Crippen LogP) is 2.01. The molecule has 0 bridgehead atoms. The molecule has 0 unspecified atom stereocenters. The zero-order valence-corrected chi connectivity index (χ0v) is 12.2. The Labute approximate surface area is 114 Å². The number of benzene rings is 1. The molecule has 0 atom stereocenters. The molecule has 1 heterocycles. The Morgan fingerprint density at radius 2 is 1.84 bits per heavy atom. The van der Waals surface area contributed by atoms with Gasteiger partial charge in [0, 0.05) is 20.6 Å². The number of rotatable bonds is 5. The van der Waals surface area contributed by atoms with Gasteiger partial charge in [0.15, 0.2) is 0 Å². The van der Waals surface area contributed by atoms with Crippen LogP contribution in [0.5, 0.6) is 0 Å². The Morgan fingerprint density at radius 3 is 2.53 bits per heavy atom. The van der Waals surface area contributed by atoms with Crippen LogP contribution in [0.25, 0.3) is 11.0 Å². The van der Waals surface area contributed by atoms with Crippen LogP contribution >= 0.6 is 0 Å². The lowest BCUT2D eigenvalue weighted by Gasteiger charge is -2.07. The number of aromatic nitrogens is 2. The van der Waals surface area contributed by atoms with Crippen molar-refractivity contribution in [2.45, 2.75) is 26.8 Å². The molecule has 0 aliphatic carbocycles. The molecule has 104 valence electrons. The van der Waals surface area contributed by atoms with E-state index in [1.165, 1.54) is 12.0 Å². The van der Waals surface area contributed by atoms with Gasteiger partial charge in [-0.1, -0.05) is 19.9 Å². The third-order valence-corrected chi connectivity index (χ3v) is 3.56. The number of imidazole rings is 1. The zero-order chi connectivity index (χ0) is 14.0. The van der Waals surface area contributed by atoms with Gasteiger partial charge in [-0.2, -0.15) is 0 Å². The van der Waals surface area contributed by atoms with E-state index in [2.05, 4.69) is 31.3 Å². The van der Waals surface area contributed by atoms with Crippen molar-refractivity contribution in [1.29, 1.82) is 0 Å². The maximum absolute atomic E-state index is 11.8. The van der Waals surface area contributed by atoms with Crippen LogP contribution in [-0.2, 0) is 20.6 Å². The van der Waals surface area contributed by atoms with Crippen LogP contribution in [0.4, 0.5) is 0 Å². The first-order chi connectivity index (χ1) is 9.00. The van der Waals surface area contributed by atoms with Crippen LogP contribution in [-0.4, -0.2) is 15.7 Å². The molecule has 0 saturated heterocycles. The second kappa shape index (κ2) is 5.61. The van der Waals surface area contributed by atoms with Crippen LogP contribution in [0.1, 0.15) is 25.8 Å². The van der Waals surface area contributed by atoms with E-state index in [-0.39, 0.29) is 5.69 Å². The van der Waals surface area contributed by atoms with E-state index in [4.69, 9.17) is 0 Å². The Morgan fingerprint density at radius 1 is 1.16 bits per heavy atom. The van der Waals surface area contributed by atoms with E-state index in [1.54, 1.807) is 9.13 Å². The first-order valence-electron chi connectivity index (χ1n) is 6.85.